The number of benzene rings is 3. The fraction of sp³-hybridized carbons (Fsp3) is 0.172. The van der Waals surface area contributed by atoms with Gasteiger partial charge in [-0.15, -0.1) is 0 Å². The highest BCUT2D eigenvalue weighted by atomic mass is 35.5. The summed E-state index contributed by atoms with van der Waals surface area (Å²) in [6.45, 7) is 6.20. The fourth-order valence-electron chi connectivity index (χ4n) is 4.03. The number of hydrogen-bond acceptors (Lipinski definition) is 5. The topological polar surface area (TPSA) is 103 Å². The molecule has 2 aromatic heterocycles. The SMILES string of the molecule is CC(C)(C)c1cc(NC(=O)Nc2ccc(Cl)cc2)n(-c2cccc(Cn3c(=O)sn(-c4ccccc4)c3=O)c2)n1. The van der Waals surface area contributed by atoms with Crippen LogP contribution in [0.15, 0.2) is 94.5 Å². The molecule has 5 rings (SSSR count). The van der Waals surface area contributed by atoms with Crippen molar-refractivity contribution in [2.24, 2.45) is 0 Å². The van der Waals surface area contributed by atoms with Crippen LogP contribution in [0.5, 0.6) is 0 Å². The summed E-state index contributed by atoms with van der Waals surface area (Å²) in [5.74, 6) is 0.465. The van der Waals surface area contributed by atoms with E-state index in [2.05, 4.69) is 10.6 Å². The average molecular weight is 575 g/mol. The Hall–Kier alpha value is -4.41. The first-order valence-electron chi connectivity index (χ1n) is 12.5. The largest absolute Gasteiger partial charge is 0.346 e. The summed E-state index contributed by atoms with van der Waals surface area (Å²) in [6.07, 6.45) is 0. The first kappa shape index (κ1) is 27.2. The molecular weight excluding hydrogens is 548 g/mol. The highest BCUT2D eigenvalue weighted by molar-refractivity contribution is 7.03. The number of anilines is 2. The quantitative estimate of drug-likeness (QED) is 0.264. The van der Waals surface area contributed by atoms with Crippen molar-refractivity contribution in [2.45, 2.75) is 32.7 Å². The molecule has 3 aromatic carbocycles. The van der Waals surface area contributed by atoms with Crippen molar-refractivity contribution in [3.63, 3.8) is 0 Å². The van der Waals surface area contributed by atoms with E-state index >= 15 is 0 Å². The molecule has 0 aliphatic heterocycles. The third-order valence-electron chi connectivity index (χ3n) is 6.10. The van der Waals surface area contributed by atoms with Gasteiger partial charge < -0.3 is 5.32 Å². The van der Waals surface area contributed by atoms with Gasteiger partial charge in [-0.2, -0.15) is 5.10 Å². The van der Waals surface area contributed by atoms with Crippen molar-refractivity contribution in [3.05, 3.63) is 121 Å². The average Bonchev–Trinajstić information content (AvgIpc) is 3.47. The predicted octanol–water partition coefficient (Wildman–Crippen LogP) is 5.89. The zero-order valence-electron chi connectivity index (χ0n) is 22.1. The van der Waals surface area contributed by atoms with E-state index in [1.807, 2.05) is 69.3 Å². The van der Waals surface area contributed by atoms with E-state index in [4.69, 9.17) is 16.7 Å². The minimum atomic E-state index is -0.439. The normalized spacial score (nSPS) is 11.4. The van der Waals surface area contributed by atoms with Gasteiger partial charge in [0.25, 0.3) is 0 Å². The van der Waals surface area contributed by atoms with E-state index in [1.165, 1.54) is 8.52 Å². The number of nitrogens with zero attached hydrogens (tertiary/aromatic N) is 4. The monoisotopic (exact) mass is 574 g/mol. The van der Waals surface area contributed by atoms with Gasteiger partial charge in [0.1, 0.15) is 5.82 Å². The van der Waals surface area contributed by atoms with Crippen LogP contribution in [-0.4, -0.2) is 24.3 Å². The molecule has 0 aliphatic carbocycles. The van der Waals surface area contributed by atoms with Gasteiger partial charge in [-0.25, -0.2) is 22.8 Å². The Balaban J connectivity index is 1.45. The van der Waals surface area contributed by atoms with Gasteiger partial charge >= 0.3 is 16.6 Å². The van der Waals surface area contributed by atoms with E-state index in [0.29, 0.717) is 27.9 Å². The summed E-state index contributed by atoms with van der Waals surface area (Å²) in [5.41, 5.74) is 2.73. The number of carbonyl (C=O) groups is 1. The molecule has 11 heteroatoms. The molecule has 40 heavy (non-hydrogen) atoms. The van der Waals surface area contributed by atoms with Crippen LogP contribution in [0.2, 0.25) is 5.02 Å². The van der Waals surface area contributed by atoms with E-state index in [9.17, 15) is 14.4 Å². The standard InChI is InChI=1S/C29H27ClN6O3S/c1-29(2,3)24-17-25(32-26(37)31-21-14-12-20(30)13-15-21)35(33-24)23-11-7-8-19(16-23)18-34-27(38)36(40-28(34)39)22-9-5-4-6-10-22/h4-17H,18H2,1-3H3,(H2,31,32,37). The molecule has 2 amide bonds. The fourth-order valence-corrected chi connectivity index (χ4v) is 4.95. The highest BCUT2D eigenvalue weighted by Gasteiger charge is 2.22. The number of aromatic nitrogens is 4. The Kier molecular flexibility index (Phi) is 7.46. The van der Waals surface area contributed by atoms with Gasteiger partial charge in [-0.3, -0.25) is 10.1 Å². The van der Waals surface area contributed by atoms with E-state index < -0.39 is 11.7 Å². The van der Waals surface area contributed by atoms with Gasteiger partial charge in [0.05, 0.1) is 23.6 Å². The molecular formula is C29H27ClN6O3S. The summed E-state index contributed by atoms with van der Waals surface area (Å²) in [5, 5.41) is 11.0. The van der Waals surface area contributed by atoms with Crippen LogP contribution >= 0.6 is 23.1 Å². The van der Waals surface area contributed by atoms with Gasteiger partial charge in [0, 0.05) is 33.7 Å². The molecule has 0 saturated heterocycles. The zero-order valence-corrected chi connectivity index (χ0v) is 23.7. The highest BCUT2D eigenvalue weighted by Crippen LogP contribution is 2.27. The molecule has 9 nitrogen and oxygen atoms in total. The maximum atomic E-state index is 13.1. The summed E-state index contributed by atoms with van der Waals surface area (Å²) >= 11 is 6.81. The lowest BCUT2D eigenvalue weighted by Gasteiger charge is -2.14. The maximum absolute atomic E-state index is 13.1. The van der Waals surface area contributed by atoms with E-state index in [1.54, 1.807) is 41.1 Å². The second-order valence-corrected chi connectivity index (χ2v) is 11.5. The van der Waals surface area contributed by atoms with Crippen LogP contribution < -0.4 is 21.2 Å². The van der Waals surface area contributed by atoms with Crippen molar-refractivity contribution in [2.75, 3.05) is 10.6 Å². The van der Waals surface area contributed by atoms with Crippen molar-refractivity contribution >= 4 is 40.7 Å². The number of halogens is 1. The van der Waals surface area contributed by atoms with Crippen molar-refractivity contribution in [1.29, 1.82) is 0 Å². The first-order chi connectivity index (χ1) is 19.1. The molecule has 0 bridgehead atoms. The van der Waals surface area contributed by atoms with Crippen LogP contribution in [0.3, 0.4) is 0 Å². The zero-order chi connectivity index (χ0) is 28.4. The lowest BCUT2D eigenvalue weighted by Crippen LogP contribution is -2.28. The van der Waals surface area contributed by atoms with E-state index in [0.717, 1.165) is 22.8 Å². The molecule has 0 aliphatic rings. The molecule has 0 spiro atoms. The van der Waals surface area contributed by atoms with Gasteiger partial charge in [0.2, 0.25) is 0 Å². The lowest BCUT2D eigenvalue weighted by molar-refractivity contribution is 0.262. The second-order valence-electron chi connectivity index (χ2n) is 10.2. The molecule has 0 saturated carbocycles. The lowest BCUT2D eigenvalue weighted by atomic mass is 9.92. The van der Waals surface area contributed by atoms with E-state index in [-0.39, 0.29) is 16.8 Å². The molecule has 0 radical (unpaired) electrons. The summed E-state index contributed by atoms with van der Waals surface area (Å²) in [6, 6.07) is 24.6. The Labute approximate surface area is 239 Å². The van der Waals surface area contributed by atoms with Crippen LogP contribution in [0.1, 0.15) is 32.0 Å². The van der Waals surface area contributed by atoms with Gasteiger partial charge in [-0.05, 0) is 54.1 Å². The van der Waals surface area contributed by atoms with Crippen LogP contribution in [-0.2, 0) is 12.0 Å². The minimum Gasteiger partial charge on any atom is -0.308 e. The van der Waals surface area contributed by atoms with Crippen LogP contribution in [0, 0.1) is 0 Å². The smallest absolute Gasteiger partial charge is 0.308 e. The van der Waals surface area contributed by atoms with Crippen LogP contribution in [0.25, 0.3) is 11.4 Å². The molecule has 0 unspecified atom stereocenters. The number of amides is 2. The van der Waals surface area contributed by atoms with Crippen LogP contribution in [0.4, 0.5) is 16.3 Å². The number of para-hydroxylation sites is 1. The third-order valence-corrected chi connectivity index (χ3v) is 7.28. The predicted molar refractivity (Wildman–Crippen MR) is 160 cm³/mol. The molecule has 0 fully saturated rings. The third kappa shape index (κ3) is 5.93. The number of nitrogens with one attached hydrogen (secondary N) is 2. The number of rotatable bonds is 6. The number of carbonyl (C=O) groups excluding carboxylic acids is 1. The Bertz CT molecular complexity index is 1780. The summed E-state index contributed by atoms with van der Waals surface area (Å²) < 4.78 is 4.24. The maximum Gasteiger partial charge on any atom is 0.346 e. The summed E-state index contributed by atoms with van der Waals surface area (Å²) in [4.78, 5) is 38.3. The molecule has 2 heterocycles. The number of hydrogen-bond donors (Lipinski definition) is 2. The molecule has 0 atom stereocenters. The van der Waals surface area contributed by atoms with Gasteiger partial charge in [0.15, 0.2) is 0 Å². The van der Waals surface area contributed by atoms with Gasteiger partial charge in [-0.1, -0.05) is 62.7 Å². The van der Waals surface area contributed by atoms with Crippen molar-refractivity contribution < 1.29 is 4.79 Å². The molecule has 204 valence electrons. The second kappa shape index (κ2) is 11.0. The van der Waals surface area contributed by atoms with Crippen molar-refractivity contribution in [3.8, 4) is 11.4 Å². The minimum absolute atomic E-state index is 0.0923. The summed E-state index contributed by atoms with van der Waals surface area (Å²) in [7, 11) is 0. The Morgan fingerprint density at radius 3 is 2.30 bits per heavy atom. The molecule has 5 aromatic rings. The van der Waals surface area contributed by atoms with Crippen molar-refractivity contribution in [1.82, 2.24) is 18.3 Å². The Morgan fingerprint density at radius 2 is 1.60 bits per heavy atom. The molecule has 2 N–H and O–H groups in total. The number of urea groups is 1. The Morgan fingerprint density at radius 1 is 0.900 bits per heavy atom. The first-order valence-corrected chi connectivity index (χ1v) is 13.7.